The second-order valence-corrected chi connectivity index (χ2v) is 4.96. The first-order valence-electron chi connectivity index (χ1n) is 7.04. The standard InChI is InChI=1S/C15H16N4O5/c16-14(23)10-7-8-19(18-10)11-4-2-1-3-9(11)17-15(24)12(20)5-6-13(21)22/h1-4,7-8,12,20H,5-6H2,(H2,16,23)(H,17,24)(H,21,22)/t12-/m1/s1. The van der Waals surface area contributed by atoms with Crippen LogP contribution in [0.15, 0.2) is 36.5 Å². The number of aliphatic carboxylic acids is 1. The highest BCUT2D eigenvalue weighted by Gasteiger charge is 2.18. The molecule has 2 aromatic rings. The Morgan fingerprint density at radius 3 is 2.58 bits per heavy atom. The van der Waals surface area contributed by atoms with E-state index in [-0.39, 0.29) is 18.5 Å². The number of benzene rings is 1. The fourth-order valence-corrected chi connectivity index (χ4v) is 1.98. The lowest BCUT2D eigenvalue weighted by molar-refractivity contribution is -0.138. The van der Waals surface area contributed by atoms with Gasteiger partial charge in [-0.05, 0) is 24.6 Å². The van der Waals surface area contributed by atoms with Crippen molar-refractivity contribution >= 4 is 23.5 Å². The molecular weight excluding hydrogens is 316 g/mol. The van der Waals surface area contributed by atoms with E-state index in [4.69, 9.17) is 10.8 Å². The van der Waals surface area contributed by atoms with Crippen molar-refractivity contribution < 1.29 is 24.6 Å². The second-order valence-electron chi connectivity index (χ2n) is 4.96. The van der Waals surface area contributed by atoms with E-state index in [2.05, 4.69) is 10.4 Å². The number of aliphatic hydroxyl groups excluding tert-OH is 1. The van der Waals surface area contributed by atoms with Crippen LogP contribution in [0.5, 0.6) is 0 Å². The van der Waals surface area contributed by atoms with Crippen molar-refractivity contribution in [3.63, 3.8) is 0 Å². The highest BCUT2D eigenvalue weighted by molar-refractivity contribution is 5.96. The number of carbonyl (C=O) groups is 3. The van der Waals surface area contributed by atoms with Gasteiger partial charge >= 0.3 is 5.97 Å². The Labute approximate surface area is 136 Å². The molecule has 0 saturated heterocycles. The largest absolute Gasteiger partial charge is 0.481 e. The zero-order valence-corrected chi connectivity index (χ0v) is 12.5. The molecule has 1 aromatic carbocycles. The zero-order chi connectivity index (χ0) is 17.7. The molecule has 2 rings (SSSR count). The third-order valence-electron chi connectivity index (χ3n) is 3.18. The van der Waals surface area contributed by atoms with Gasteiger partial charge in [-0.2, -0.15) is 5.10 Å². The van der Waals surface area contributed by atoms with E-state index in [9.17, 15) is 19.5 Å². The Balaban J connectivity index is 2.17. The van der Waals surface area contributed by atoms with Crippen LogP contribution in [0.25, 0.3) is 5.69 Å². The summed E-state index contributed by atoms with van der Waals surface area (Å²) in [5.41, 5.74) is 6.03. The monoisotopic (exact) mass is 332 g/mol. The SMILES string of the molecule is NC(=O)c1ccn(-c2ccccc2NC(=O)[C@H](O)CCC(=O)O)n1. The Hall–Kier alpha value is -3.20. The molecule has 1 atom stereocenters. The summed E-state index contributed by atoms with van der Waals surface area (Å²) in [5.74, 6) is -2.51. The average molecular weight is 332 g/mol. The summed E-state index contributed by atoms with van der Waals surface area (Å²) in [6.07, 6.45) is -0.465. The maximum absolute atomic E-state index is 12.0. The molecule has 5 N–H and O–H groups in total. The van der Waals surface area contributed by atoms with Crippen molar-refractivity contribution in [2.45, 2.75) is 18.9 Å². The number of carbonyl (C=O) groups excluding carboxylic acids is 2. The fourth-order valence-electron chi connectivity index (χ4n) is 1.98. The van der Waals surface area contributed by atoms with Crippen molar-refractivity contribution in [3.05, 3.63) is 42.2 Å². The van der Waals surface area contributed by atoms with Crippen LogP contribution in [0.2, 0.25) is 0 Å². The number of rotatable bonds is 7. The molecule has 9 heteroatoms. The molecule has 2 amide bonds. The minimum Gasteiger partial charge on any atom is -0.481 e. The molecule has 126 valence electrons. The number of anilines is 1. The number of nitrogens with zero attached hydrogens (tertiary/aromatic N) is 2. The van der Waals surface area contributed by atoms with Crippen LogP contribution < -0.4 is 11.1 Å². The number of amides is 2. The van der Waals surface area contributed by atoms with Gasteiger partial charge in [0.25, 0.3) is 11.8 Å². The van der Waals surface area contributed by atoms with Gasteiger partial charge < -0.3 is 21.3 Å². The quantitative estimate of drug-likeness (QED) is 0.567. The molecule has 0 saturated carbocycles. The minimum absolute atomic E-state index is 0.0672. The summed E-state index contributed by atoms with van der Waals surface area (Å²) in [4.78, 5) is 33.6. The normalized spacial score (nSPS) is 11.7. The van der Waals surface area contributed by atoms with Crippen molar-refractivity contribution in [2.75, 3.05) is 5.32 Å². The number of aromatic nitrogens is 2. The van der Waals surface area contributed by atoms with Crippen LogP contribution in [0.3, 0.4) is 0 Å². The first kappa shape index (κ1) is 17.2. The number of carboxylic acid groups (broad SMARTS) is 1. The van der Waals surface area contributed by atoms with E-state index < -0.39 is 23.9 Å². The molecule has 0 aliphatic carbocycles. The molecule has 0 aliphatic heterocycles. The van der Waals surface area contributed by atoms with Gasteiger partial charge in [-0.1, -0.05) is 12.1 Å². The summed E-state index contributed by atoms with van der Waals surface area (Å²) < 4.78 is 1.36. The molecule has 1 aromatic heterocycles. The Bertz CT molecular complexity index is 771. The van der Waals surface area contributed by atoms with E-state index >= 15 is 0 Å². The minimum atomic E-state index is -1.45. The highest BCUT2D eigenvalue weighted by Crippen LogP contribution is 2.20. The summed E-state index contributed by atoms with van der Waals surface area (Å²) >= 11 is 0. The van der Waals surface area contributed by atoms with Crippen molar-refractivity contribution in [1.29, 1.82) is 0 Å². The number of para-hydroxylation sites is 2. The Kier molecular flexibility index (Phi) is 5.27. The number of hydrogen-bond acceptors (Lipinski definition) is 5. The number of hydrogen-bond donors (Lipinski definition) is 4. The van der Waals surface area contributed by atoms with Gasteiger partial charge in [-0.15, -0.1) is 0 Å². The molecule has 0 fully saturated rings. The first-order chi connectivity index (χ1) is 11.4. The van der Waals surface area contributed by atoms with Gasteiger partial charge in [0, 0.05) is 12.6 Å². The van der Waals surface area contributed by atoms with Crippen LogP contribution in [-0.4, -0.2) is 43.9 Å². The molecule has 0 spiro atoms. The highest BCUT2D eigenvalue weighted by atomic mass is 16.4. The van der Waals surface area contributed by atoms with E-state index in [1.54, 1.807) is 24.3 Å². The number of aliphatic hydroxyl groups is 1. The molecule has 0 unspecified atom stereocenters. The van der Waals surface area contributed by atoms with E-state index in [0.29, 0.717) is 11.4 Å². The van der Waals surface area contributed by atoms with Gasteiger partial charge in [0.05, 0.1) is 11.4 Å². The van der Waals surface area contributed by atoms with Gasteiger partial charge in [0.1, 0.15) is 11.8 Å². The number of carboxylic acids is 1. The maximum Gasteiger partial charge on any atom is 0.303 e. The predicted molar refractivity (Wildman–Crippen MR) is 83.6 cm³/mol. The lowest BCUT2D eigenvalue weighted by Gasteiger charge is -2.13. The molecule has 0 aliphatic rings. The Morgan fingerprint density at radius 1 is 1.25 bits per heavy atom. The molecule has 9 nitrogen and oxygen atoms in total. The fraction of sp³-hybridized carbons (Fsp3) is 0.200. The van der Waals surface area contributed by atoms with E-state index in [1.807, 2.05) is 0 Å². The van der Waals surface area contributed by atoms with Gasteiger partial charge in [-0.25, -0.2) is 4.68 Å². The number of primary amides is 1. The van der Waals surface area contributed by atoms with E-state index in [0.717, 1.165) is 0 Å². The topological polar surface area (TPSA) is 148 Å². The molecule has 0 bridgehead atoms. The molecule has 24 heavy (non-hydrogen) atoms. The number of nitrogens with two attached hydrogens (primary N) is 1. The summed E-state index contributed by atoms with van der Waals surface area (Å²) in [5, 5.41) is 24.8. The third-order valence-corrected chi connectivity index (χ3v) is 3.18. The van der Waals surface area contributed by atoms with Crippen LogP contribution in [0.1, 0.15) is 23.3 Å². The second kappa shape index (κ2) is 7.38. The van der Waals surface area contributed by atoms with E-state index in [1.165, 1.54) is 16.9 Å². The van der Waals surface area contributed by atoms with Crippen molar-refractivity contribution in [2.24, 2.45) is 5.73 Å². The van der Waals surface area contributed by atoms with Crippen LogP contribution in [-0.2, 0) is 9.59 Å². The van der Waals surface area contributed by atoms with Crippen LogP contribution in [0.4, 0.5) is 5.69 Å². The maximum atomic E-state index is 12.0. The summed E-state index contributed by atoms with van der Waals surface area (Å²) in [7, 11) is 0. The average Bonchev–Trinajstić information content (AvgIpc) is 3.03. The smallest absolute Gasteiger partial charge is 0.303 e. The zero-order valence-electron chi connectivity index (χ0n) is 12.5. The lowest BCUT2D eigenvalue weighted by atomic mass is 10.2. The first-order valence-corrected chi connectivity index (χ1v) is 7.04. The summed E-state index contributed by atoms with van der Waals surface area (Å²) in [6, 6.07) is 8.04. The third kappa shape index (κ3) is 4.17. The van der Waals surface area contributed by atoms with Gasteiger partial charge in [-0.3, -0.25) is 14.4 Å². The van der Waals surface area contributed by atoms with Gasteiger partial charge in [0.2, 0.25) is 0 Å². The van der Waals surface area contributed by atoms with Crippen LogP contribution in [0, 0.1) is 0 Å². The molecule has 1 heterocycles. The predicted octanol–water partition coefficient (Wildman–Crippen LogP) is 0.135. The van der Waals surface area contributed by atoms with Gasteiger partial charge in [0.15, 0.2) is 0 Å². The number of nitrogens with one attached hydrogen (secondary N) is 1. The lowest BCUT2D eigenvalue weighted by Crippen LogP contribution is -2.28. The van der Waals surface area contributed by atoms with Crippen LogP contribution >= 0.6 is 0 Å². The van der Waals surface area contributed by atoms with Crippen molar-refractivity contribution in [1.82, 2.24) is 9.78 Å². The summed E-state index contributed by atoms with van der Waals surface area (Å²) in [6.45, 7) is 0. The Morgan fingerprint density at radius 2 is 1.96 bits per heavy atom. The molecular formula is C15H16N4O5. The van der Waals surface area contributed by atoms with Crippen molar-refractivity contribution in [3.8, 4) is 5.69 Å². The molecule has 0 radical (unpaired) electrons.